The molecule has 4 aromatic rings. The Balaban J connectivity index is 1.65. The monoisotopic (exact) mass is 527 g/mol. The topological polar surface area (TPSA) is 83.9 Å². The average molecular weight is 528 g/mol. The highest BCUT2D eigenvalue weighted by atomic mass is 19.4. The molecule has 0 amide bonds. The van der Waals surface area contributed by atoms with Gasteiger partial charge in [0.05, 0.1) is 13.0 Å². The molecule has 1 atom stereocenters. The molecule has 0 radical (unpaired) electrons. The third-order valence-corrected chi connectivity index (χ3v) is 5.95. The predicted molar refractivity (Wildman–Crippen MR) is 136 cm³/mol. The number of hydrogen-bond acceptors (Lipinski definition) is 6. The zero-order valence-electron chi connectivity index (χ0n) is 21.0. The van der Waals surface area contributed by atoms with Crippen LogP contribution in [0.15, 0.2) is 71.3 Å². The Morgan fingerprint density at radius 2 is 1.84 bits per heavy atom. The number of carbonyl (C=O) groups is 1. The maximum absolute atomic E-state index is 13.7. The molecule has 0 fully saturated rings. The van der Waals surface area contributed by atoms with Gasteiger partial charge < -0.3 is 24.4 Å². The van der Waals surface area contributed by atoms with Gasteiger partial charge in [0.1, 0.15) is 35.9 Å². The Morgan fingerprint density at radius 3 is 2.58 bits per heavy atom. The lowest BCUT2D eigenvalue weighted by Gasteiger charge is -2.15. The molecule has 3 aromatic carbocycles. The number of para-hydroxylation sites is 1. The molecule has 1 aromatic heterocycles. The number of rotatable bonds is 10. The lowest BCUT2D eigenvalue weighted by Crippen LogP contribution is -2.21. The van der Waals surface area contributed by atoms with Gasteiger partial charge in [0.15, 0.2) is 0 Å². The van der Waals surface area contributed by atoms with E-state index >= 15 is 0 Å². The Labute approximate surface area is 218 Å². The van der Waals surface area contributed by atoms with Gasteiger partial charge in [0, 0.05) is 30.2 Å². The molecule has 2 N–H and O–H groups in total. The lowest BCUT2D eigenvalue weighted by molar-refractivity contribution is -0.149. The molecule has 0 bridgehead atoms. The summed E-state index contributed by atoms with van der Waals surface area (Å²) < 4.78 is 63.0. The number of fused-ring (bicyclic) bond motifs is 1. The van der Waals surface area contributed by atoms with Crippen molar-refractivity contribution >= 4 is 16.9 Å². The van der Waals surface area contributed by atoms with Crippen LogP contribution in [-0.4, -0.2) is 25.8 Å². The summed E-state index contributed by atoms with van der Waals surface area (Å²) in [7, 11) is 1.52. The molecule has 1 heterocycles. The van der Waals surface area contributed by atoms with Crippen LogP contribution in [0, 0.1) is 0 Å². The van der Waals surface area contributed by atoms with Crippen LogP contribution in [0.25, 0.3) is 22.1 Å². The lowest BCUT2D eigenvalue weighted by atomic mass is 9.97. The second-order valence-electron chi connectivity index (χ2n) is 8.90. The minimum Gasteiger partial charge on any atom is -0.489 e. The van der Waals surface area contributed by atoms with Gasteiger partial charge in [-0.15, -0.1) is 0 Å². The van der Waals surface area contributed by atoms with E-state index in [0.717, 1.165) is 11.8 Å². The number of esters is 1. The molecule has 38 heavy (non-hydrogen) atoms. The highest BCUT2D eigenvalue weighted by Crippen LogP contribution is 2.40. The number of halogens is 3. The van der Waals surface area contributed by atoms with Crippen molar-refractivity contribution < 1.29 is 36.6 Å². The number of carbonyl (C=O) groups excluding carboxylic acids is 1. The van der Waals surface area contributed by atoms with Gasteiger partial charge >= 0.3 is 12.1 Å². The van der Waals surface area contributed by atoms with Crippen molar-refractivity contribution in [2.24, 2.45) is 5.73 Å². The molecule has 0 aliphatic rings. The molecule has 9 heteroatoms. The van der Waals surface area contributed by atoms with Crippen LogP contribution in [0.2, 0.25) is 0 Å². The Hall–Kier alpha value is -3.82. The first-order valence-electron chi connectivity index (χ1n) is 12.0. The maximum Gasteiger partial charge on any atom is 0.420 e. The van der Waals surface area contributed by atoms with E-state index in [1.165, 1.54) is 13.2 Å². The molecule has 0 spiro atoms. The van der Waals surface area contributed by atoms with Gasteiger partial charge in [-0.25, -0.2) is 0 Å². The summed E-state index contributed by atoms with van der Waals surface area (Å²) in [4.78, 5) is 12.4. The van der Waals surface area contributed by atoms with Crippen LogP contribution in [0.3, 0.4) is 0 Å². The fourth-order valence-electron chi connectivity index (χ4n) is 4.22. The largest absolute Gasteiger partial charge is 0.489 e. The Kier molecular flexibility index (Phi) is 8.38. The number of methoxy groups -OCH3 is 1. The van der Waals surface area contributed by atoms with Crippen molar-refractivity contribution in [2.45, 2.75) is 38.8 Å². The zero-order chi connectivity index (χ0) is 27.3. The van der Waals surface area contributed by atoms with Gasteiger partial charge in [-0.05, 0) is 47.9 Å². The summed E-state index contributed by atoms with van der Waals surface area (Å²) in [6, 6.07) is 17.4. The highest BCUT2D eigenvalue weighted by Gasteiger charge is 2.35. The number of nitrogens with two attached hydrogens (primary N) is 1. The normalized spacial score (nSPS) is 12.5. The number of benzene rings is 3. The van der Waals surface area contributed by atoms with Crippen molar-refractivity contribution in [3.8, 4) is 16.9 Å². The molecule has 0 saturated heterocycles. The zero-order valence-corrected chi connectivity index (χ0v) is 21.0. The fourth-order valence-corrected chi connectivity index (χ4v) is 4.22. The third kappa shape index (κ3) is 6.35. The first kappa shape index (κ1) is 27.2. The minimum atomic E-state index is -4.59. The van der Waals surface area contributed by atoms with E-state index in [4.69, 9.17) is 24.4 Å². The molecule has 0 aliphatic heterocycles. The number of hydrogen-bond donors (Lipinski definition) is 1. The summed E-state index contributed by atoms with van der Waals surface area (Å²) in [6.07, 6.45) is -4.29. The van der Waals surface area contributed by atoms with Crippen LogP contribution in [-0.2, 0) is 40.0 Å². The molecule has 0 saturated carbocycles. The van der Waals surface area contributed by atoms with Crippen molar-refractivity contribution in [1.82, 2.24) is 0 Å². The van der Waals surface area contributed by atoms with Gasteiger partial charge in [-0.2, -0.15) is 13.2 Å². The summed E-state index contributed by atoms with van der Waals surface area (Å²) in [5.74, 6) is -0.0128. The van der Waals surface area contributed by atoms with Gasteiger partial charge in [0.25, 0.3) is 0 Å². The quantitative estimate of drug-likeness (QED) is 0.245. The molecule has 4 rings (SSSR count). The number of ether oxygens (including phenoxy) is 3. The van der Waals surface area contributed by atoms with Crippen LogP contribution in [0.4, 0.5) is 13.2 Å². The molecule has 6 nitrogen and oxygen atoms in total. The summed E-state index contributed by atoms with van der Waals surface area (Å²) in [5, 5.41) is -0.0595. The Bertz CT molecular complexity index is 1410. The summed E-state index contributed by atoms with van der Waals surface area (Å²) >= 11 is 0. The predicted octanol–water partition coefficient (Wildman–Crippen LogP) is 6.28. The fraction of sp³-hybridized carbons (Fsp3) is 0.276. The van der Waals surface area contributed by atoms with E-state index in [-0.39, 0.29) is 37.1 Å². The molecule has 1 unspecified atom stereocenters. The van der Waals surface area contributed by atoms with Crippen molar-refractivity contribution in [2.75, 3.05) is 13.7 Å². The van der Waals surface area contributed by atoms with Gasteiger partial charge in [0.2, 0.25) is 0 Å². The first-order valence-corrected chi connectivity index (χ1v) is 12.0. The van der Waals surface area contributed by atoms with Crippen molar-refractivity contribution in [3.05, 3.63) is 89.2 Å². The van der Waals surface area contributed by atoms with E-state index < -0.39 is 23.8 Å². The molecular formula is C29H28F3NO5. The van der Waals surface area contributed by atoms with E-state index in [1.807, 2.05) is 12.1 Å². The molecular weight excluding hydrogens is 499 g/mol. The van der Waals surface area contributed by atoms with Crippen molar-refractivity contribution in [3.63, 3.8) is 0 Å². The number of alkyl halides is 3. The molecule has 0 aliphatic carbocycles. The van der Waals surface area contributed by atoms with E-state index in [1.54, 1.807) is 49.4 Å². The van der Waals surface area contributed by atoms with Crippen molar-refractivity contribution in [1.29, 1.82) is 0 Å². The first-order chi connectivity index (χ1) is 18.2. The van der Waals surface area contributed by atoms with E-state index in [0.29, 0.717) is 28.0 Å². The van der Waals surface area contributed by atoms with Crippen LogP contribution in [0.1, 0.15) is 29.2 Å². The second-order valence-corrected chi connectivity index (χ2v) is 8.90. The van der Waals surface area contributed by atoms with E-state index in [9.17, 15) is 18.0 Å². The minimum absolute atomic E-state index is 0.0274. The Morgan fingerprint density at radius 1 is 1.05 bits per heavy atom. The average Bonchev–Trinajstić information content (AvgIpc) is 3.32. The van der Waals surface area contributed by atoms with Crippen LogP contribution in [0.5, 0.6) is 5.75 Å². The summed E-state index contributed by atoms with van der Waals surface area (Å²) in [5.41, 5.74) is 8.14. The van der Waals surface area contributed by atoms with Gasteiger partial charge in [-0.1, -0.05) is 36.4 Å². The third-order valence-electron chi connectivity index (χ3n) is 5.95. The smallest absolute Gasteiger partial charge is 0.420 e. The second kappa shape index (κ2) is 11.7. The van der Waals surface area contributed by atoms with E-state index in [2.05, 4.69) is 0 Å². The summed E-state index contributed by atoms with van der Waals surface area (Å²) in [6.45, 7) is 2.26. The standard InChI is InChI=1S/C29H28F3NO5/c1-18(15-35-2)38-27(34)13-22-7-3-4-9-26(22)36-16-20-11-23(21-8-5-6-19(10-21)14-33)28-24(12-20)25(17-37-28)29(30,31)32/h3-12,17-18H,13-16,33H2,1-2H3. The molecule has 200 valence electrons. The van der Waals surface area contributed by atoms with Crippen LogP contribution < -0.4 is 10.5 Å². The SMILES string of the molecule is COCC(C)OC(=O)Cc1ccccc1OCc1cc(-c2cccc(CN)c2)c2occ(C(F)(F)F)c2c1. The van der Waals surface area contributed by atoms with Crippen LogP contribution >= 0.6 is 0 Å². The maximum atomic E-state index is 13.7. The highest BCUT2D eigenvalue weighted by molar-refractivity contribution is 5.95. The number of furan rings is 1. The van der Waals surface area contributed by atoms with Gasteiger partial charge in [-0.3, -0.25) is 4.79 Å².